The zero-order chi connectivity index (χ0) is 44.9. The van der Waals surface area contributed by atoms with Crippen molar-refractivity contribution in [1.29, 1.82) is 0 Å². The lowest BCUT2D eigenvalue weighted by molar-refractivity contribution is -0.889. The number of hydrogen-bond acceptors (Lipinski definition) is 7. The number of rotatable bonds is 44. The van der Waals surface area contributed by atoms with Crippen LogP contribution in [-0.2, 0) is 28.6 Å². The molecule has 0 fully saturated rings. The first-order chi connectivity index (χ1) is 29.6. The summed E-state index contributed by atoms with van der Waals surface area (Å²) in [5.74, 6) is -1.81. The van der Waals surface area contributed by atoms with Gasteiger partial charge < -0.3 is 28.6 Å². The van der Waals surface area contributed by atoms with Gasteiger partial charge in [-0.1, -0.05) is 197 Å². The third-order valence-electron chi connectivity index (χ3n) is 10.9. The van der Waals surface area contributed by atoms with E-state index < -0.39 is 18.1 Å². The Hall–Kier alpha value is -2.97. The second kappa shape index (κ2) is 43.7. The molecule has 0 heterocycles. The van der Waals surface area contributed by atoms with Crippen molar-refractivity contribution in [3.8, 4) is 0 Å². The summed E-state index contributed by atoms with van der Waals surface area (Å²) in [6.45, 7) is 4.51. The van der Waals surface area contributed by atoms with E-state index in [0.29, 0.717) is 12.8 Å². The van der Waals surface area contributed by atoms with Crippen LogP contribution in [0.1, 0.15) is 206 Å². The fraction of sp³-hybridized carbons (Fsp3) is 0.755. The molecule has 0 radical (unpaired) electrons. The molecule has 2 unspecified atom stereocenters. The predicted molar refractivity (Wildman–Crippen MR) is 254 cm³/mol. The number of nitrogens with zero attached hydrogens (tertiary/aromatic N) is 1. The number of allylic oxidation sites excluding steroid dienone is 10. The average molecular weight is 856 g/mol. The standard InChI is InChI=1S/C53H93NO7/c1-6-8-10-12-14-16-18-20-22-24-25-26-28-29-31-33-35-37-39-41-43-51(55)60-48-49(47-59-46-45-50(53(57)58)54(3,4)5)61-52(56)44-42-40-38-36-34-32-30-27-23-21-19-17-15-13-11-9-7-2/h9,11,15,17,21,23,30,32,36,38,49-50H,6-8,10,12-14,16,18-20,22,24-29,31,33-35,37,39-48H2,1-5H3/b11-9-,17-15-,23-21-,32-30-,38-36-. The first-order valence-electron chi connectivity index (χ1n) is 24.8. The molecule has 0 aliphatic carbocycles. The Morgan fingerprint density at radius 3 is 1.34 bits per heavy atom. The van der Waals surface area contributed by atoms with Gasteiger partial charge in [-0.05, 0) is 51.4 Å². The minimum absolute atomic E-state index is 0.0179. The van der Waals surface area contributed by atoms with Crippen molar-refractivity contribution < 1.29 is 38.2 Å². The summed E-state index contributed by atoms with van der Waals surface area (Å²) in [6.07, 6.45) is 54.0. The first-order valence-corrected chi connectivity index (χ1v) is 24.8. The number of carbonyl (C=O) groups excluding carboxylic acids is 3. The van der Waals surface area contributed by atoms with Crippen LogP contribution in [0.5, 0.6) is 0 Å². The van der Waals surface area contributed by atoms with Crippen molar-refractivity contribution in [1.82, 2.24) is 0 Å². The lowest BCUT2D eigenvalue weighted by Crippen LogP contribution is -2.55. The summed E-state index contributed by atoms with van der Waals surface area (Å²) in [7, 11) is 5.39. The van der Waals surface area contributed by atoms with E-state index in [1.807, 2.05) is 0 Å². The van der Waals surface area contributed by atoms with E-state index in [0.717, 1.165) is 57.8 Å². The number of unbranched alkanes of at least 4 members (excludes halogenated alkanes) is 20. The summed E-state index contributed by atoms with van der Waals surface area (Å²) < 4.78 is 17.2. The maximum Gasteiger partial charge on any atom is 0.306 e. The van der Waals surface area contributed by atoms with Crippen LogP contribution in [0.15, 0.2) is 60.8 Å². The summed E-state index contributed by atoms with van der Waals surface area (Å²) >= 11 is 0. The van der Waals surface area contributed by atoms with Crippen LogP contribution in [0.4, 0.5) is 0 Å². The number of likely N-dealkylation sites (N-methyl/N-ethyl adjacent to an activating group) is 1. The van der Waals surface area contributed by atoms with Crippen LogP contribution in [0, 0.1) is 0 Å². The Kier molecular flexibility index (Phi) is 41.5. The van der Waals surface area contributed by atoms with Crippen LogP contribution in [0.3, 0.4) is 0 Å². The molecule has 0 aromatic heterocycles. The highest BCUT2D eigenvalue weighted by Crippen LogP contribution is 2.16. The van der Waals surface area contributed by atoms with Gasteiger partial charge in [0.25, 0.3) is 0 Å². The maximum absolute atomic E-state index is 12.7. The van der Waals surface area contributed by atoms with Gasteiger partial charge in [0.2, 0.25) is 0 Å². The number of hydrogen-bond donors (Lipinski definition) is 0. The first kappa shape index (κ1) is 58.0. The van der Waals surface area contributed by atoms with Gasteiger partial charge in [0.1, 0.15) is 12.6 Å². The molecular weight excluding hydrogens is 763 g/mol. The monoisotopic (exact) mass is 856 g/mol. The van der Waals surface area contributed by atoms with Crippen molar-refractivity contribution in [2.24, 2.45) is 0 Å². The van der Waals surface area contributed by atoms with Gasteiger partial charge in [0, 0.05) is 19.3 Å². The second-order valence-electron chi connectivity index (χ2n) is 17.7. The van der Waals surface area contributed by atoms with E-state index in [1.54, 1.807) is 21.1 Å². The molecule has 8 heteroatoms. The molecule has 0 aliphatic heterocycles. The lowest BCUT2D eigenvalue weighted by Gasteiger charge is -2.34. The number of esters is 2. The van der Waals surface area contributed by atoms with E-state index in [4.69, 9.17) is 14.2 Å². The largest absolute Gasteiger partial charge is 0.544 e. The highest BCUT2D eigenvalue weighted by Gasteiger charge is 2.25. The summed E-state index contributed by atoms with van der Waals surface area (Å²) in [5, 5.41) is 11.6. The molecule has 0 spiro atoms. The van der Waals surface area contributed by atoms with Gasteiger partial charge in [-0.25, -0.2) is 0 Å². The smallest absolute Gasteiger partial charge is 0.306 e. The molecule has 0 bridgehead atoms. The minimum atomic E-state index is -1.13. The Morgan fingerprint density at radius 2 is 0.918 bits per heavy atom. The Labute approximate surface area is 375 Å². The normalized spacial score (nSPS) is 13.4. The quantitative estimate of drug-likeness (QED) is 0.0260. The topological polar surface area (TPSA) is 102 Å². The molecule has 352 valence electrons. The Morgan fingerprint density at radius 1 is 0.508 bits per heavy atom. The van der Waals surface area contributed by atoms with E-state index in [2.05, 4.69) is 74.6 Å². The summed E-state index contributed by atoms with van der Waals surface area (Å²) in [4.78, 5) is 37.0. The van der Waals surface area contributed by atoms with E-state index >= 15 is 0 Å². The summed E-state index contributed by atoms with van der Waals surface area (Å²) in [6, 6.07) is -0.737. The average Bonchev–Trinajstić information content (AvgIpc) is 3.22. The highest BCUT2D eigenvalue weighted by atomic mass is 16.6. The molecule has 0 aliphatic rings. The van der Waals surface area contributed by atoms with Gasteiger partial charge in [-0.2, -0.15) is 0 Å². The van der Waals surface area contributed by atoms with E-state index in [1.165, 1.54) is 109 Å². The fourth-order valence-electron chi connectivity index (χ4n) is 7.11. The van der Waals surface area contributed by atoms with Crippen LogP contribution in [0.25, 0.3) is 0 Å². The van der Waals surface area contributed by atoms with Crippen LogP contribution in [-0.4, -0.2) is 75.5 Å². The highest BCUT2D eigenvalue weighted by molar-refractivity contribution is 5.70. The third kappa shape index (κ3) is 42.1. The number of carboxylic acids is 1. The Balaban J connectivity index is 4.32. The molecule has 0 N–H and O–H groups in total. The van der Waals surface area contributed by atoms with Crippen LogP contribution >= 0.6 is 0 Å². The number of aliphatic carboxylic acids is 1. The number of ether oxygens (including phenoxy) is 3. The molecule has 0 saturated heterocycles. The molecule has 61 heavy (non-hydrogen) atoms. The fourth-order valence-corrected chi connectivity index (χ4v) is 7.11. The molecule has 0 aromatic rings. The molecule has 0 aromatic carbocycles. The van der Waals surface area contributed by atoms with Gasteiger partial charge >= 0.3 is 11.9 Å². The molecule has 0 amide bonds. The number of carboxylic acid groups (broad SMARTS) is 1. The van der Waals surface area contributed by atoms with E-state index in [9.17, 15) is 19.5 Å². The minimum Gasteiger partial charge on any atom is -0.544 e. The molecular formula is C53H93NO7. The predicted octanol–water partition coefficient (Wildman–Crippen LogP) is 12.8. The third-order valence-corrected chi connectivity index (χ3v) is 10.9. The molecule has 0 rings (SSSR count). The maximum atomic E-state index is 12.7. The Bertz CT molecular complexity index is 1180. The molecule has 8 nitrogen and oxygen atoms in total. The number of carbonyl (C=O) groups is 3. The molecule has 0 saturated carbocycles. The zero-order valence-corrected chi connectivity index (χ0v) is 40.1. The van der Waals surface area contributed by atoms with Crippen molar-refractivity contribution in [3.63, 3.8) is 0 Å². The SMILES string of the molecule is CC/C=C\C/C=C\C/C=C\C/C=C\C/C=C\CCCC(=O)OC(COCCC(C(=O)[O-])[N+](C)(C)C)COC(=O)CCCCCCCCCCCCCCCCCCCCCC. The van der Waals surface area contributed by atoms with Crippen molar-refractivity contribution in [2.75, 3.05) is 41.0 Å². The summed E-state index contributed by atoms with van der Waals surface area (Å²) in [5.41, 5.74) is 0. The lowest BCUT2D eigenvalue weighted by atomic mass is 10.0. The van der Waals surface area contributed by atoms with Crippen molar-refractivity contribution in [2.45, 2.75) is 219 Å². The van der Waals surface area contributed by atoms with Gasteiger partial charge in [-0.3, -0.25) is 9.59 Å². The zero-order valence-electron chi connectivity index (χ0n) is 40.1. The molecule has 2 atom stereocenters. The van der Waals surface area contributed by atoms with Gasteiger partial charge in [0.15, 0.2) is 6.10 Å². The van der Waals surface area contributed by atoms with Gasteiger partial charge in [0.05, 0.1) is 40.3 Å². The van der Waals surface area contributed by atoms with Crippen LogP contribution < -0.4 is 5.11 Å². The second-order valence-corrected chi connectivity index (χ2v) is 17.7. The van der Waals surface area contributed by atoms with E-state index in [-0.39, 0.29) is 49.1 Å². The van der Waals surface area contributed by atoms with Gasteiger partial charge in [-0.15, -0.1) is 0 Å². The van der Waals surface area contributed by atoms with Crippen molar-refractivity contribution >= 4 is 17.9 Å². The van der Waals surface area contributed by atoms with Crippen molar-refractivity contribution in [3.05, 3.63) is 60.8 Å². The van der Waals surface area contributed by atoms with Crippen LogP contribution in [0.2, 0.25) is 0 Å². The number of quaternary nitrogens is 1.